The van der Waals surface area contributed by atoms with Crippen LogP contribution in [-0.2, 0) is 0 Å². The van der Waals surface area contributed by atoms with Crippen molar-refractivity contribution >= 4 is 10.9 Å². The summed E-state index contributed by atoms with van der Waals surface area (Å²) < 4.78 is 21.8. The van der Waals surface area contributed by atoms with Gasteiger partial charge in [0.1, 0.15) is 5.75 Å². The second kappa shape index (κ2) is 4.80. The van der Waals surface area contributed by atoms with Gasteiger partial charge in [0.2, 0.25) is 0 Å². The standard InChI is InChI=1S/C14H20N2O/c1-10(9-16(2)3)11-8-15-12-6-5-7-13(17-4)14(11)12/h5-8,10,15H,9H2,1-4H3/i9D2. The molecule has 92 valence electrons. The highest BCUT2D eigenvalue weighted by atomic mass is 16.5. The van der Waals surface area contributed by atoms with Gasteiger partial charge in [-0.25, -0.2) is 0 Å². The third-order valence-electron chi connectivity index (χ3n) is 2.84. The normalized spacial score (nSPS) is 15.8. The van der Waals surface area contributed by atoms with Crippen molar-refractivity contribution in [1.29, 1.82) is 0 Å². The summed E-state index contributed by atoms with van der Waals surface area (Å²) in [5, 5.41) is 0.961. The minimum Gasteiger partial charge on any atom is -0.496 e. The Morgan fingerprint density at radius 3 is 2.88 bits per heavy atom. The van der Waals surface area contributed by atoms with Crippen molar-refractivity contribution < 1.29 is 7.48 Å². The summed E-state index contributed by atoms with van der Waals surface area (Å²) in [6, 6.07) is 5.80. The summed E-state index contributed by atoms with van der Waals surface area (Å²) in [5.41, 5.74) is 1.90. The number of rotatable bonds is 4. The number of likely N-dealkylation sites (N-methyl/N-ethyl adjacent to an activating group) is 1. The molecule has 0 saturated heterocycles. The van der Waals surface area contributed by atoms with E-state index in [1.165, 1.54) is 0 Å². The number of fused-ring (bicyclic) bond motifs is 1. The van der Waals surface area contributed by atoms with Crippen molar-refractivity contribution in [2.75, 3.05) is 27.7 Å². The van der Waals surface area contributed by atoms with Crippen LogP contribution in [0.4, 0.5) is 0 Å². The maximum atomic E-state index is 8.20. The lowest BCUT2D eigenvalue weighted by atomic mass is 9.99. The number of nitrogens with one attached hydrogen (secondary N) is 1. The minimum absolute atomic E-state index is 0.271. The third-order valence-corrected chi connectivity index (χ3v) is 2.84. The van der Waals surface area contributed by atoms with Gasteiger partial charge in [0, 0.05) is 26.3 Å². The fraction of sp³-hybridized carbons (Fsp3) is 0.429. The molecule has 0 bridgehead atoms. The fourth-order valence-corrected chi connectivity index (χ4v) is 2.15. The molecule has 1 N–H and O–H groups in total. The van der Waals surface area contributed by atoms with Crippen molar-refractivity contribution in [1.82, 2.24) is 9.88 Å². The van der Waals surface area contributed by atoms with E-state index in [1.807, 2.05) is 31.3 Å². The van der Waals surface area contributed by atoms with Gasteiger partial charge < -0.3 is 14.6 Å². The summed E-state index contributed by atoms with van der Waals surface area (Å²) in [4.78, 5) is 4.79. The Labute approximate surface area is 105 Å². The van der Waals surface area contributed by atoms with Crippen LogP contribution in [0, 0.1) is 0 Å². The third kappa shape index (κ3) is 2.29. The molecular formula is C14H20N2O. The fourth-order valence-electron chi connectivity index (χ4n) is 2.15. The number of benzene rings is 1. The zero-order chi connectivity index (χ0) is 14.2. The van der Waals surface area contributed by atoms with E-state index in [-0.39, 0.29) is 5.92 Å². The number of hydrogen-bond acceptors (Lipinski definition) is 2. The maximum Gasteiger partial charge on any atom is 0.128 e. The predicted molar refractivity (Wildman–Crippen MR) is 71.8 cm³/mol. The van der Waals surface area contributed by atoms with Crippen molar-refractivity contribution in [3.8, 4) is 5.75 Å². The van der Waals surface area contributed by atoms with E-state index in [0.717, 1.165) is 22.2 Å². The lowest BCUT2D eigenvalue weighted by molar-refractivity contribution is 0.383. The number of aromatic amines is 1. The average molecular weight is 234 g/mol. The van der Waals surface area contributed by atoms with Crippen LogP contribution in [0.1, 0.15) is 21.1 Å². The van der Waals surface area contributed by atoms with Crippen LogP contribution >= 0.6 is 0 Å². The Morgan fingerprint density at radius 2 is 2.24 bits per heavy atom. The summed E-state index contributed by atoms with van der Waals surface area (Å²) in [6.07, 6.45) is 1.87. The van der Waals surface area contributed by atoms with E-state index in [4.69, 9.17) is 7.48 Å². The second-order valence-corrected chi connectivity index (χ2v) is 4.37. The molecule has 2 aromatic rings. The van der Waals surface area contributed by atoms with Gasteiger partial charge in [-0.3, -0.25) is 0 Å². The van der Waals surface area contributed by atoms with Gasteiger partial charge >= 0.3 is 0 Å². The Bertz CT molecular complexity index is 578. The van der Waals surface area contributed by atoms with E-state index in [9.17, 15) is 0 Å². The predicted octanol–water partition coefficient (Wildman–Crippen LogP) is 2.84. The van der Waals surface area contributed by atoms with Gasteiger partial charge in [-0.05, 0) is 37.7 Å². The summed E-state index contributed by atoms with van der Waals surface area (Å²) in [6.45, 7) is 0.477. The molecule has 17 heavy (non-hydrogen) atoms. The zero-order valence-corrected chi connectivity index (χ0v) is 10.7. The Kier molecular flexibility index (Phi) is 2.69. The van der Waals surface area contributed by atoms with Gasteiger partial charge in [0.25, 0.3) is 0 Å². The first kappa shape index (κ1) is 9.54. The highest BCUT2D eigenvalue weighted by Gasteiger charge is 2.15. The van der Waals surface area contributed by atoms with E-state index in [0.29, 0.717) is 0 Å². The Hall–Kier alpha value is -1.48. The van der Waals surface area contributed by atoms with Crippen LogP contribution in [0.5, 0.6) is 5.75 Å². The molecule has 1 heterocycles. The lowest BCUT2D eigenvalue weighted by Gasteiger charge is -2.17. The van der Waals surface area contributed by atoms with Crippen LogP contribution in [0.2, 0.25) is 0 Å². The Morgan fingerprint density at radius 1 is 1.47 bits per heavy atom. The van der Waals surface area contributed by atoms with Crippen LogP contribution in [-0.4, -0.2) is 37.6 Å². The Balaban J connectivity index is 2.57. The van der Waals surface area contributed by atoms with Crippen molar-refractivity contribution in [3.05, 3.63) is 30.0 Å². The van der Waals surface area contributed by atoms with Gasteiger partial charge in [-0.15, -0.1) is 0 Å². The molecule has 1 unspecified atom stereocenters. The molecule has 3 heteroatoms. The molecular weight excluding hydrogens is 212 g/mol. The molecule has 2 rings (SSSR count). The van der Waals surface area contributed by atoms with Gasteiger partial charge in [-0.2, -0.15) is 0 Å². The highest BCUT2D eigenvalue weighted by molar-refractivity contribution is 5.89. The first-order valence-electron chi connectivity index (χ1n) is 6.71. The number of ether oxygens (including phenoxy) is 1. The average Bonchev–Trinajstić information content (AvgIpc) is 2.81. The molecule has 1 aromatic carbocycles. The van der Waals surface area contributed by atoms with Gasteiger partial charge in [-0.1, -0.05) is 13.0 Å². The van der Waals surface area contributed by atoms with E-state index >= 15 is 0 Å². The number of methoxy groups -OCH3 is 1. The molecule has 0 amide bonds. The smallest absolute Gasteiger partial charge is 0.128 e. The van der Waals surface area contributed by atoms with Crippen LogP contribution in [0.3, 0.4) is 0 Å². The van der Waals surface area contributed by atoms with E-state index in [2.05, 4.69) is 4.98 Å². The van der Waals surface area contributed by atoms with Crippen molar-refractivity contribution in [3.63, 3.8) is 0 Å². The minimum atomic E-state index is -1.42. The molecule has 0 spiro atoms. The SMILES string of the molecule is [2H]C([2H])(C(C)c1c[nH]c2cccc(OC)c12)N(C)C. The molecule has 0 aliphatic heterocycles. The second-order valence-electron chi connectivity index (χ2n) is 4.37. The first-order valence-corrected chi connectivity index (χ1v) is 5.71. The van der Waals surface area contributed by atoms with E-state index in [1.54, 1.807) is 26.1 Å². The summed E-state index contributed by atoms with van der Waals surface area (Å²) in [5.74, 6) is 0.503. The van der Waals surface area contributed by atoms with Crippen LogP contribution in [0.25, 0.3) is 10.9 Å². The molecule has 1 atom stereocenters. The monoisotopic (exact) mass is 234 g/mol. The molecule has 0 saturated carbocycles. The highest BCUT2D eigenvalue weighted by Crippen LogP contribution is 2.32. The summed E-state index contributed by atoms with van der Waals surface area (Å²) in [7, 11) is 5.14. The zero-order valence-electron chi connectivity index (χ0n) is 12.7. The van der Waals surface area contributed by atoms with Crippen molar-refractivity contribution in [2.24, 2.45) is 0 Å². The molecule has 0 aliphatic carbocycles. The molecule has 0 radical (unpaired) electrons. The first-order chi connectivity index (χ1) is 8.89. The molecule has 0 aliphatic rings. The molecule has 0 fully saturated rings. The molecule has 1 aromatic heterocycles. The number of aromatic nitrogens is 1. The van der Waals surface area contributed by atoms with Crippen LogP contribution in [0.15, 0.2) is 24.4 Å². The number of H-pyrrole nitrogens is 1. The number of nitrogens with zero attached hydrogens (tertiary/aromatic N) is 1. The molecule has 3 nitrogen and oxygen atoms in total. The van der Waals surface area contributed by atoms with Gasteiger partial charge in [0.05, 0.1) is 7.11 Å². The van der Waals surface area contributed by atoms with Crippen molar-refractivity contribution in [2.45, 2.75) is 12.8 Å². The maximum absolute atomic E-state index is 8.20. The van der Waals surface area contributed by atoms with E-state index < -0.39 is 6.50 Å². The summed E-state index contributed by atoms with van der Waals surface area (Å²) >= 11 is 0. The van der Waals surface area contributed by atoms with Crippen LogP contribution < -0.4 is 4.74 Å². The quantitative estimate of drug-likeness (QED) is 0.881. The van der Waals surface area contributed by atoms with Gasteiger partial charge in [0.15, 0.2) is 0 Å². The largest absolute Gasteiger partial charge is 0.496 e. The lowest BCUT2D eigenvalue weighted by Crippen LogP contribution is -2.18. The topological polar surface area (TPSA) is 28.3 Å². The number of hydrogen-bond donors (Lipinski definition) is 1.